The summed E-state index contributed by atoms with van der Waals surface area (Å²) in [7, 11) is 3.81. The van der Waals surface area contributed by atoms with Crippen molar-refractivity contribution in [2.24, 2.45) is 0 Å². The molecule has 0 saturated heterocycles. The first-order chi connectivity index (χ1) is 10.6. The number of carbonyl (C=O) groups excluding carboxylic acids is 1. The highest BCUT2D eigenvalue weighted by Gasteiger charge is 2.22. The molecule has 0 bridgehead atoms. The van der Waals surface area contributed by atoms with Gasteiger partial charge < -0.3 is 14.4 Å². The fourth-order valence-electron chi connectivity index (χ4n) is 2.66. The van der Waals surface area contributed by atoms with E-state index in [2.05, 4.69) is 19.9 Å². The first-order valence-electron chi connectivity index (χ1n) is 7.44. The number of aromatic nitrogens is 5. The van der Waals surface area contributed by atoms with Crippen LogP contribution in [0.2, 0.25) is 0 Å². The second kappa shape index (κ2) is 6.27. The lowest BCUT2D eigenvalue weighted by Gasteiger charge is -2.21. The lowest BCUT2D eigenvalue weighted by Crippen LogP contribution is -2.37. The zero-order valence-electron chi connectivity index (χ0n) is 13.0. The lowest BCUT2D eigenvalue weighted by molar-refractivity contribution is -0.132. The van der Waals surface area contributed by atoms with E-state index in [-0.39, 0.29) is 5.91 Å². The van der Waals surface area contributed by atoms with Gasteiger partial charge in [0.1, 0.15) is 6.54 Å². The van der Waals surface area contributed by atoms with Crippen LogP contribution in [0.5, 0.6) is 0 Å². The number of likely N-dealkylation sites (N-methyl/N-ethyl adjacent to an activating group) is 1. The molecule has 3 rings (SSSR count). The highest BCUT2D eigenvalue weighted by atomic mass is 16.2. The average molecular weight is 303 g/mol. The number of hydrogen-bond acceptors (Lipinski definition) is 5. The number of rotatable bonds is 4. The van der Waals surface area contributed by atoms with Crippen LogP contribution in [-0.4, -0.2) is 67.4 Å². The molecule has 3 heterocycles. The normalized spacial score (nSPS) is 15.0. The van der Waals surface area contributed by atoms with Gasteiger partial charge in [-0.1, -0.05) is 0 Å². The maximum Gasteiger partial charge on any atom is 0.237 e. The predicted octanol–water partition coefficient (Wildman–Crippen LogP) is -0.183. The van der Waals surface area contributed by atoms with E-state index in [1.807, 2.05) is 40.8 Å². The maximum absolute atomic E-state index is 12.2. The van der Waals surface area contributed by atoms with Crippen LogP contribution in [0, 0.1) is 0 Å². The summed E-state index contributed by atoms with van der Waals surface area (Å²) >= 11 is 0. The van der Waals surface area contributed by atoms with Gasteiger partial charge in [-0.15, -0.1) is 10.2 Å². The van der Waals surface area contributed by atoms with Gasteiger partial charge in [-0.2, -0.15) is 5.10 Å². The lowest BCUT2D eigenvalue weighted by atomic mass is 10.3. The van der Waals surface area contributed by atoms with Crippen molar-refractivity contribution < 1.29 is 4.79 Å². The highest BCUT2D eigenvalue weighted by molar-refractivity contribution is 5.78. The Hall–Kier alpha value is -2.22. The molecule has 0 unspecified atom stereocenters. The number of nitrogens with zero attached hydrogens (tertiary/aromatic N) is 7. The summed E-state index contributed by atoms with van der Waals surface area (Å²) in [5.41, 5.74) is 0. The molecular formula is C14H21N7O. The van der Waals surface area contributed by atoms with Gasteiger partial charge in [-0.25, -0.2) is 0 Å². The smallest absolute Gasteiger partial charge is 0.237 e. The molecule has 0 fully saturated rings. The number of fused-ring (bicyclic) bond motifs is 1. The first-order valence-corrected chi connectivity index (χ1v) is 7.44. The van der Waals surface area contributed by atoms with E-state index in [9.17, 15) is 4.79 Å². The standard InChI is InChI=1S/C14H21N7O/c1-18(2)11-14(22)19-6-4-8-21-12(9-19)16-17-13(21)10-20-7-3-5-15-20/h3,5,7H,4,6,8-11H2,1-2H3. The van der Waals surface area contributed by atoms with E-state index in [4.69, 9.17) is 0 Å². The Labute approximate surface area is 129 Å². The van der Waals surface area contributed by atoms with Crippen molar-refractivity contribution in [3.05, 3.63) is 30.1 Å². The summed E-state index contributed by atoms with van der Waals surface area (Å²) in [6, 6.07) is 1.89. The van der Waals surface area contributed by atoms with Gasteiger partial charge in [0.05, 0.1) is 13.1 Å². The second-order valence-electron chi connectivity index (χ2n) is 5.79. The zero-order valence-corrected chi connectivity index (χ0v) is 13.0. The third kappa shape index (κ3) is 3.16. The molecule has 8 nitrogen and oxygen atoms in total. The average Bonchev–Trinajstić information content (AvgIpc) is 3.04. The van der Waals surface area contributed by atoms with E-state index in [0.717, 1.165) is 31.2 Å². The molecule has 0 aromatic carbocycles. The van der Waals surface area contributed by atoms with Gasteiger partial charge in [0.25, 0.3) is 0 Å². The third-order valence-corrected chi connectivity index (χ3v) is 3.71. The summed E-state index contributed by atoms with van der Waals surface area (Å²) in [5.74, 6) is 1.88. The Morgan fingerprint density at radius 2 is 2.18 bits per heavy atom. The van der Waals surface area contributed by atoms with Crippen molar-refractivity contribution in [3.63, 3.8) is 0 Å². The van der Waals surface area contributed by atoms with Crippen LogP contribution >= 0.6 is 0 Å². The summed E-state index contributed by atoms with van der Waals surface area (Å²) in [6.45, 7) is 3.15. The first kappa shape index (κ1) is 14.7. The Balaban J connectivity index is 1.75. The maximum atomic E-state index is 12.2. The van der Waals surface area contributed by atoms with Crippen molar-refractivity contribution >= 4 is 5.91 Å². The molecule has 22 heavy (non-hydrogen) atoms. The van der Waals surface area contributed by atoms with Crippen LogP contribution in [0.3, 0.4) is 0 Å². The van der Waals surface area contributed by atoms with Crippen LogP contribution in [-0.2, 0) is 24.4 Å². The van der Waals surface area contributed by atoms with Crippen molar-refractivity contribution in [1.29, 1.82) is 0 Å². The summed E-state index contributed by atoms with van der Waals surface area (Å²) in [5, 5.41) is 12.8. The largest absolute Gasteiger partial charge is 0.334 e. The van der Waals surface area contributed by atoms with Crippen molar-refractivity contribution in [2.75, 3.05) is 27.2 Å². The molecule has 0 radical (unpaired) electrons. The molecule has 1 amide bonds. The fraction of sp³-hybridized carbons (Fsp3) is 0.571. The van der Waals surface area contributed by atoms with Crippen LogP contribution in [0.25, 0.3) is 0 Å². The molecule has 0 saturated carbocycles. The van der Waals surface area contributed by atoms with Crippen LogP contribution in [0.15, 0.2) is 18.5 Å². The van der Waals surface area contributed by atoms with E-state index in [0.29, 0.717) is 19.6 Å². The molecular weight excluding hydrogens is 282 g/mol. The number of carbonyl (C=O) groups is 1. The van der Waals surface area contributed by atoms with E-state index in [1.54, 1.807) is 6.20 Å². The molecule has 0 atom stereocenters. The quantitative estimate of drug-likeness (QED) is 0.783. The molecule has 2 aromatic rings. The fourth-order valence-corrected chi connectivity index (χ4v) is 2.66. The molecule has 0 aliphatic carbocycles. The Kier molecular flexibility index (Phi) is 4.19. The summed E-state index contributed by atoms with van der Waals surface area (Å²) < 4.78 is 3.95. The minimum atomic E-state index is 0.134. The highest BCUT2D eigenvalue weighted by Crippen LogP contribution is 2.13. The summed E-state index contributed by atoms with van der Waals surface area (Å²) in [6.07, 6.45) is 4.57. The van der Waals surface area contributed by atoms with Crippen molar-refractivity contribution in [2.45, 2.75) is 26.1 Å². The van der Waals surface area contributed by atoms with Gasteiger partial charge in [-0.3, -0.25) is 9.48 Å². The van der Waals surface area contributed by atoms with Gasteiger partial charge in [-0.05, 0) is 26.6 Å². The molecule has 0 N–H and O–H groups in total. The van der Waals surface area contributed by atoms with Gasteiger partial charge in [0.2, 0.25) is 5.91 Å². The molecule has 1 aliphatic heterocycles. The van der Waals surface area contributed by atoms with Crippen molar-refractivity contribution in [1.82, 2.24) is 34.3 Å². The van der Waals surface area contributed by atoms with Gasteiger partial charge >= 0.3 is 0 Å². The van der Waals surface area contributed by atoms with Gasteiger partial charge in [0, 0.05) is 25.5 Å². The zero-order chi connectivity index (χ0) is 15.5. The molecule has 2 aromatic heterocycles. The third-order valence-electron chi connectivity index (χ3n) is 3.71. The molecule has 0 spiro atoms. The van der Waals surface area contributed by atoms with E-state index >= 15 is 0 Å². The molecule has 1 aliphatic rings. The molecule has 118 valence electrons. The monoisotopic (exact) mass is 303 g/mol. The van der Waals surface area contributed by atoms with E-state index < -0.39 is 0 Å². The Morgan fingerprint density at radius 3 is 2.91 bits per heavy atom. The number of hydrogen-bond donors (Lipinski definition) is 0. The van der Waals surface area contributed by atoms with Crippen molar-refractivity contribution in [3.8, 4) is 0 Å². The summed E-state index contributed by atoms with van der Waals surface area (Å²) in [4.78, 5) is 16.0. The molecule has 8 heteroatoms. The van der Waals surface area contributed by atoms with Crippen LogP contribution < -0.4 is 0 Å². The van der Waals surface area contributed by atoms with Crippen LogP contribution in [0.4, 0.5) is 0 Å². The minimum absolute atomic E-state index is 0.134. The van der Waals surface area contributed by atoms with Gasteiger partial charge in [0.15, 0.2) is 11.6 Å². The SMILES string of the molecule is CN(C)CC(=O)N1CCCn2c(nnc2Cn2cccn2)C1. The number of amides is 1. The predicted molar refractivity (Wildman–Crippen MR) is 79.9 cm³/mol. The second-order valence-corrected chi connectivity index (χ2v) is 5.79. The Bertz CT molecular complexity index is 632. The topological polar surface area (TPSA) is 72.1 Å². The minimum Gasteiger partial charge on any atom is -0.334 e. The van der Waals surface area contributed by atoms with Crippen LogP contribution in [0.1, 0.15) is 18.1 Å². The Morgan fingerprint density at radius 1 is 1.32 bits per heavy atom. The van der Waals surface area contributed by atoms with E-state index in [1.165, 1.54) is 0 Å².